The fourth-order valence-electron chi connectivity index (χ4n) is 1.76. The lowest BCUT2D eigenvalue weighted by Crippen LogP contribution is -2.36. The van der Waals surface area contributed by atoms with Crippen molar-refractivity contribution in [1.29, 1.82) is 0 Å². The van der Waals surface area contributed by atoms with Crippen molar-refractivity contribution in [3.05, 3.63) is 11.8 Å². The zero-order valence-corrected chi connectivity index (χ0v) is 8.58. The Morgan fingerprint density at radius 3 is 3.00 bits per heavy atom. The molecule has 0 N–H and O–H groups in total. The number of hydrogen-bond acceptors (Lipinski definition) is 2. The monoisotopic (exact) mass is 181 g/mol. The van der Waals surface area contributed by atoms with Crippen molar-refractivity contribution < 1.29 is 9.43 Å². The van der Waals surface area contributed by atoms with Crippen molar-refractivity contribution in [2.24, 2.45) is 10.5 Å². The topological polar surface area (TPSA) is 24.6 Å². The van der Waals surface area contributed by atoms with Gasteiger partial charge < -0.3 is 4.74 Å². The molecule has 1 fully saturated rings. The fourth-order valence-corrected chi connectivity index (χ4v) is 1.76. The molecular formula is C10H17N2O+. The number of nitrogens with zero attached hydrogens (tertiary/aromatic N) is 2. The van der Waals surface area contributed by atoms with E-state index in [-0.39, 0.29) is 11.6 Å². The summed E-state index contributed by atoms with van der Waals surface area (Å²) in [6, 6.07) is 0. The molecular weight excluding hydrogens is 164 g/mol. The number of ether oxygens (including phenoxy) is 1. The highest BCUT2D eigenvalue weighted by molar-refractivity contribution is 5.14. The van der Waals surface area contributed by atoms with E-state index < -0.39 is 0 Å². The van der Waals surface area contributed by atoms with Gasteiger partial charge in [0.2, 0.25) is 0 Å². The normalized spacial score (nSPS) is 28.1. The summed E-state index contributed by atoms with van der Waals surface area (Å²) < 4.78 is 7.75. The van der Waals surface area contributed by atoms with Crippen LogP contribution in [0.5, 0.6) is 0 Å². The molecule has 2 aliphatic rings. The van der Waals surface area contributed by atoms with E-state index in [1.54, 1.807) is 0 Å². The SMILES string of the molecule is CC(C)(C)C1=CN=[N+]2CCCOC12. The van der Waals surface area contributed by atoms with E-state index >= 15 is 0 Å². The molecule has 0 amide bonds. The molecule has 0 radical (unpaired) electrons. The molecule has 3 heteroatoms. The highest BCUT2D eigenvalue weighted by Gasteiger charge is 2.40. The largest absolute Gasteiger partial charge is 0.316 e. The van der Waals surface area contributed by atoms with Gasteiger partial charge in [0.1, 0.15) is 6.20 Å². The van der Waals surface area contributed by atoms with E-state index in [2.05, 4.69) is 25.9 Å². The van der Waals surface area contributed by atoms with Gasteiger partial charge in [-0.25, -0.2) is 0 Å². The Labute approximate surface area is 79.1 Å². The fraction of sp³-hybridized carbons (Fsp3) is 0.800. The third-order valence-corrected chi connectivity index (χ3v) is 2.56. The van der Waals surface area contributed by atoms with Crippen molar-refractivity contribution in [3.63, 3.8) is 0 Å². The minimum Gasteiger partial charge on any atom is -0.316 e. The average molecular weight is 181 g/mol. The Bertz CT molecular complexity index is 273. The van der Waals surface area contributed by atoms with E-state index in [1.807, 2.05) is 10.9 Å². The van der Waals surface area contributed by atoms with Crippen molar-refractivity contribution in [2.45, 2.75) is 33.4 Å². The van der Waals surface area contributed by atoms with Crippen molar-refractivity contribution in [2.75, 3.05) is 13.2 Å². The van der Waals surface area contributed by atoms with Gasteiger partial charge in [-0.2, -0.15) is 0 Å². The predicted molar refractivity (Wildman–Crippen MR) is 49.5 cm³/mol. The van der Waals surface area contributed by atoms with Crippen molar-refractivity contribution in [3.8, 4) is 0 Å². The summed E-state index contributed by atoms with van der Waals surface area (Å²) in [6.45, 7) is 8.51. The van der Waals surface area contributed by atoms with Crippen LogP contribution < -0.4 is 0 Å². The van der Waals surface area contributed by atoms with Gasteiger partial charge in [-0.3, -0.25) is 0 Å². The van der Waals surface area contributed by atoms with Gasteiger partial charge in [-0.15, -0.1) is 0 Å². The van der Waals surface area contributed by atoms with E-state index in [0.717, 1.165) is 19.6 Å². The van der Waals surface area contributed by atoms with E-state index in [0.29, 0.717) is 0 Å². The summed E-state index contributed by atoms with van der Waals surface area (Å²) in [7, 11) is 0. The Hall–Kier alpha value is -0.700. The van der Waals surface area contributed by atoms with Gasteiger partial charge in [0.25, 0.3) is 0 Å². The lowest BCUT2D eigenvalue weighted by molar-refractivity contribution is -0.664. The number of azo groups is 2. The van der Waals surface area contributed by atoms with Crippen molar-refractivity contribution in [1.82, 2.24) is 0 Å². The molecule has 1 unspecified atom stereocenters. The first-order valence-corrected chi connectivity index (χ1v) is 4.88. The molecule has 0 aromatic carbocycles. The molecule has 0 aliphatic carbocycles. The lowest BCUT2D eigenvalue weighted by Gasteiger charge is -2.24. The van der Waals surface area contributed by atoms with Crippen LogP contribution in [-0.2, 0) is 4.74 Å². The van der Waals surface area contributed by atoms with Crippen LogP contribution in [0.25, 0.3) is 0 Å². The second-order valence-corrected chi connectivity index (χ2v) is 4.69. The maximum Gasteiger partial charge on any atom is 0.307 e. The molecule has 13 heavy (non-hydrogen) atoms. The first-order chi connectivity index (χ1) is 6.09. The minimum absolute atomic E-state index is 0.119. The van der Waals surface area contributed by atoms with Crippen LogP contribution in [0.15, 0.2) is 16.9 Å². The number of hydrogen-bond donors (Lipinski definition) is 0. The van der Waals surface area contributed by atoms with Crippen LogP contribution in [0, 0.1) is 5.41 Å². The summed E-state index contributed by atoms with van der Waals surface area (Å²) >= 11 is 0. The van der Waals surface area contributed by atoms with Gasteiger partial charge in [0.15, 0.2) is 6.54 Å². The highest BCUT2D eigenvalue weighted by atomic mass is 16.5. The molecule has 2 aliphatic heterocycles. The second-order valence-electron chi connectivity index (χ2n) is 4.69. The molecule has 0 aromatic rings. The van der Waals surface area contributed by atoms with Crippen LogP contribution in [0.3, 0.4) is 0 Å². The third-order valence-electron chi connectivity index (χ3n) is 2.56. The van der Waals surface area contributed by atoms with Gasteiger partial charge in [0, 0.05) is 6.42 Å². The van der Waals surface area contributed by atoms with Crippen molar-refractivity contribution >= 4 is 0 Å². The molecule has 0 bridgehead atoms. The summed E-state index contributed by atoms with van der Waals surface area (Å²) in [5.74, 6) is 0. The smallest absolute Gasteiger partial charge is 0.307 e. The summed E-state index contributed by atoms with van der Waals surface area (Å²) in [5, 5.41) is 4.35. The van der Waals surface area contributed by atoms with Gasteiger partial charge in [0.05, 0.1) is 12.2 Å². The highest BCUT2D eigenvalue weighted by Crippen LogP contribution is 2.34. The minimum atomic E-state index is 0.119. The van der Waals surface area contributed by atoms with E-state index in [9.17, 15) is 0 Å². The lowest BCUT2D eigenvalue weighted by atomic mass is 9.86. The van der Waals surface area contributed by atoms with Gasteiger partial charge in [-0.05, 0) is 10.5 Å². The first-order valence-electron chi connectivity index (χ1n) is 4.88. The molecule has 1 saturated heterocycles. The van der Waals surface area contributed by atoms with E-state index in [4.69, 9.17) is 4.74 Å². The zero-order chi connectivity index (χ0) is 9.47. The van der Waals surface area contributed by atoms with Crippen LogP contribution in [0.2, 0.25) is 0 Å². The summed E-state index contributed by atoms with van der Waals surface area (Å²) in [5.41, 5.74) is 1.47. The van der Waals surface area contributed by atoms with Crippen LogP contribution in [0.1, 0.15) is 27.2 Å². The average Bonchev–Trinajstić information content (AvgIpc) is 2.45. The second kappa shape index (κ2) is 2.91. The Morgan fingerprint density at radius 1 is 1.54 bits per heavy atom. The Morgan fingerprint density at radius 2 is 2.31 bits per heavy atom. The van der Waals surface area contributed by atoms with Gasteiger partial charge in [-0.1, -0.05) is 25.5 Å². The standard InChI is InChI=1S/C10H17N2O/c1-10(2,3)8-7-11-12-5-4-6-13-9(8)12/h7,9H,4-6H2,1-3H3/q+1. The molecule has 0 spiro atoms. The first kappa shape index (κ1) is 8.88. The summed E-state index contributed by atoms with van der Waals surface area (Å²) in [6.07, 6.45) is 3.18. The third kappa shape index (κ3) is 1.53. The van der Waals surface area contributed by atoms with Crippen LogP contribution in [0.4, 0.5) is 0 Å². The Kier molecular flexibility index (Phi) is 1.99. The summed E-state index contributed by atoms with van der Waals surface area (Å²) in [4.78, 5) is 0. The van der Waals surface area contributed by atoms with Gasteiger partial charge >= 0.3 is 6.23 Å². The quantitative estimate of drug-likeness (QED) is 0.525. The number of fused-ring (bicyclic) bond motifs is 1. The zero-order valence-electron chi connectivity index (χ0n) is 8.58. The predicted octanol–water partition coefficient (Wildman–Crippen LogP) is 2.14. The Balaban J connectivity index is 2.19. The van der Waals surface area contributed by atoms with E-state index in [1.165, 1.54) is 5.57 Å². The molecule has 3 nitrogen and oxygen atoms in total. The molecule has 2 rings (SSSR count). The molecule has 2 heterocycles. The molecule has 0 saturated carbocycles. The van der Waals surface area contributed by atoms with Crippen LogP contribution >= 0.6 is 0 Å². The maximum absolute atomic E-state index is 5.70. The molecule has 0 aromatic heterocycles. The molecule has 1 atom stereocenters. The maximum atomic E-state index is 5.70. The number of rotatable bonds is 0. The van der Waals surface area contributed by atoms with Crippen LogP contribution in [-0.4, -0.2) is 24.1 Å². The molecule has 72 valence electrons.